The van der Waals surface area contributed by atoms with Gasteiger partial charge in [0.05, 0.1) is 6.54 Å². The Morgan fingerprint density at radius 1 is 1.28 bits per heavy atom. The molecule has 0 aliphatic rings. The molecule has 0 unspecified atom stereocenters. The Bertz CT molecular complexity index is 493. The fourth-order valence-corrected chi connectivity index (χ4v) is 1.99. The second-order valence-electron chi connectivity index (χ2n) is 3.76. The van der Waals surface area contributed by atoms with Crippen molar-refractivity contribution in [2.75, 3.05) is 10.6 Å². The average molecular weight is 261 g/mol. The van der Waals surface area contributed by atoms with Crippen LogP contribution in [0.15, 0.2) is 35.8 Å². The molecule has 0 atom stereocenters. The molecular weight excluding hydrogens is 246 g/mol. The highest BCUT2D eigenvalue weighted by atomic mass is 32.1. The molecule has 5 heteroatoms. The fourth-order valence-electron chi connectivity index (χ4n) is 1.44. The van der Waals surface area contributed by atoms with Crippen molar-refractivity contribution < 1.29 is 4.79 Å². The predicted molar refractivity (Wildman–Crippen MR) is 74.8 cm³/mol. The van der Waals surface area contributed by atoms with E-state index in [-0.39, 0.29) is 5.91 Å². The number of amides is 1. The molecule has 94 valence electrons. The summed E-state index contributed by atoms with van der Waals surface area (Å²) in [5, 5.41) is 9.10. The summed E-state index contributed by atoms with van der Waals surface area (Å²) in [4.78, 5) is 15.4. The first kappa shape index (κ1) is 12.6. The fraction of sp³-hybridized carbons (Fsp3) is 0.231. The van der Waals surface area contributed by atoms with Crippen LogP contribution in [0.1, 0.15) is 18.4 Å². The summed E-state index contributed by atoms with van der Waals surface area (Å²) in [5.41, 5.74) is 1.83. The van der Waals surface area contributed by atoms with E-state index in [0.717, 1.165) is 22.9 Å². The highest BCUT2D eigenvalue weighted by molar-refractivity contribution is 7.09. The first-order chi connectivity index (χ1) is 8.78. The van der Waals surface area contributed by atoms with Crippen LogP contribution in [0, 0.1) is 0 Å². The average Bonchev–Trinajstić information content (AvgIpc) is 2.91. The summed E-state index contributed by atoms with van der Waals surface area (Å²) in [6.45, 7) is 2.55. The van der Waals surface area contributed by atoms with Crippen molar-refractivity contribution in [3.05, 3.63) is 40.8 Å². The summed E-state index contributed by atoms with van der Waals surface area (Å²) in [5.74, 6) is 0.0264. The van der Waals surface area contributed by atoms with Crippen LogP contribution in [0.4, 0.5) is 11.4 Å². The van der Waals surface area contributed by atoms with E-state index in [1.165, 1.54) is 0 Å². The third kappa shape index (κ3) is 3.56. The molecule has 1 amide bonds. The Balaban J connectivity index is 1.89. The van der Waals surface area contributed by atoms with Crippen LogP contribution in [-0.4, -0.2) is 10.9 Å². The van der Waals surface area contributed by atoms with Crippen LogP contribution in [-0.2, 0) is 11.3 Å². The van der Waals surface area contributed by atoms with Gasteiger partial charge in [0.1, 0.15) is 5.01 Å². The molecule has 0 aliphatic heterocycles. The summed E-state index contributed by atoms with van der Waals surface area (Å²) in [6, 6.07) is 7.66. The number of hydrogen-bond acceptors (Lipinski definition) is 4. The van der Waals surface area contributed by atoms with Crippen molar-refractivity contribution >= 4 is 28.6 Å². The van der Waals surface area contributed by atoms with E-state index >= 15 is 0 Å². The molecule has 0 aliphatic carbocycles. The molecule has 4 nitrogen and oxygen atoms in total. The normalized spacial score (nSPS) is 10.1. The molecule has 0 spiro atoms. The zero-order chi connectivity index (χ0) is 12.8. The zero-order valence-electron chi connectivity index (χ0n) is 10.1. The van der Waals surface area contributed by atoms with Crippen molar-refractivity contribution in [3.8, 4) is 0 Å². The number of nitrogens with one attached hydrogen (secondary N) is 2. The number of nitrogens with zero attached hydrogens (tertiary/aromatic N) is 1. The molecular formula is C13H15N3OS. The van der Waals surface area contributed by atoms with Crippen LogP contribution >= 0.6 is 11.3 Å². The van der Waals surface area contributed by atoms with Gasteiger partial charge in [0, 0.05) is 29.4 Å². The number of carbonyl (C=O) groups excluding carboxylic acids is 1. The monoisotopic (exact) mass is 261 g/mol. The molecule has 0 bridgehead atoms. The van der Waals surface area contributed by atoms with Gasteiger partial charge in [-0.2, -0.15) is 0 Å². The zero-order valence-corrected chi connectivity index (χ0v) is 11.0. The third-order valence-corrected chi connectivity index (χ3v) is 3.20. The van der Waals surface area contributed by atoms with Crippen molar-refractivity contribution in [2.45, 2.75) is 19.9 Å². The van der Waals surface area contributed by atoms with Gasteiger partial charge in [0.2, 0.25) is 5.91 Å². The van der Waals surface area contributed by atoms with Crippen molar-refractivity contribution in [1.82, 2.24) is 4.98 Å². The van der Waals surface area contributed by atoms with Crippen LogP contribution < -0.4 is 10.6 Å². The molecule has 0 fully saturated rings. The predicted octanol–water partition coefficient (Wildman–Crippen LogP) is 3.10. The first-order valence-electron chi connectivity index (χ1n) is 5.80. The molecule has 18 heavy (non-hydrogen) atoms. The summed E-state index contributed by atoms with van der Waals surface area (Å²) in [7, 11) is 0. The Kier molecular flexibility index (Phi) is 4.30. The Labute approximate surface area is 110 Å². The maximum Gasteiger partial charge on any atom is 0.224 e. The lowest BCUT2D eigenvalue weighted by atomic mass is 10.2. The van der Waals surface area contributed by atoms with Gasteiger partial charge < -0.3 is 10.6 Å². The molecule has 1 aromatic carbocycles. The molecule has 1 heterocycles. The van der Waals surface area contributed by atoms with Gasteiger partial charge in [-0.3, -0.25) is 4.79 Å². The lowest BCUT2D eigenvalue weighted by Gasteiger charge is -2.07. The highest BCUT2D eigenvalue weighted by Crippen LogP contribution is 2.15. The lowest BCUT2D eigenvalue weighted by molar-refractivity contribution is -0.115. The molecule has 1 aromatic heterocycles. The highest BCUT2D eigenvalue weighted by Gasteiger charge is 1.99. The number of hydrogen-bond donors (Lipinski definition) is 2. The SMILES string of the molecule is CCC(=O)Nc1ccc(NCc2nccs2)cc1. The Morgan fingerprint density at radius 3 is 2.61 bits per heavy atom. The largest absolute Gasteiger partial charge is 0.379 e. The van der Waals surface area contributed by atoms with E-state index in [4.69, 9.17) is 0 Å². The number of benzene rings is 1. The van der Waals surface area contributed by atoms with Crippen molar-refractivity contribution in [1.29, 1.82) is 0 Å². The van der Waals surface area contributed by atoms with Crippen LogP contribution in [0.2, 0.25) is 0 Å². The Hall–Kier alpha value is -1.88. The van der Waals surface area contributed by atoms with E-state index in [0.29, 0.717) is 6.42 Å². The van der Waals surface area contributed by atoms with Gasteiger partial charge in [-0.15, -0.1) is 11.3 Å². The van der Waals surface area contributed by atoms with Crippen LogP contribution in [0.3, 0.4) is 0 Å². The molecule has 0 radical (unpaired) electrons. The van der Waals surface area contributed by atoms with E-state index < -0.39 is 0 Å². The molecule has 0 saturated heterocycles. The number of thiazole rings is 1. The number of anilines is 2. The number of carbonyl (C=O) groups is 1. The third-order valence-electron chi connectivity index (χ3n) is 2.42. The van der Waals surface area contributed by atoms with Crippen molar-refractivity contribution in [3.63, 3.8) is 0 Å². The summed E-state index contributed by atoms with van der Waals surface area (Å²) in [6.07, 6.45) is 2.29. The molecule has 2 aromatic rings. The van der Waals surface area contributed by atoms with E-state index in [1.807, 2.05) is 36.6 Å². The van der Waals surface area contributed by atoms with E-state index in [2.05, 4.69) is 15.6 Å². The topological polar surface area (TPSA) is 54.0 Å². The van der Waals surface area contributed by atoms with E-state index in [1.54, 1.807) is 17.5 Å². The minimum Gasteiger partial charge on any atom is -0.379 e. The standard InChI is InChI=1S/C13H15N3OS/c1-2-12(17)16-11-5-3-10(4-6-11)15-9-13-14-7-8-18-13/h3-8,15H,2,9H2,1H3,(H,16,17). The minimum atomic E-state index is 0.0264. The van der Waals surface area contributed by atoms with Gasteiger partial charge in [-0.25, -0.2) is 4.98 Å². The second-order valence-corrected chi connectivity index (χ2v) is 4.74. The summed E-state index contributed by atoms with van der Waals surface area (Å²) >= 11 is 1.63. The number of aromatic nitrogens is 1. The second kappa shape index (κ2) is 6.16. The molecule has 2 N–H and O–H groups in total. The lowest BCUT2D eigenvalue weighted by Crippen LogP contribution is -2.09. The number of rotatable bonds is 5. The summed E-state index contributed by atoms with van der Waals surface area (Å²) < 4.78 is 0. The van der Waals surface area contributed by atoms with E-state index in [9.17, 15) is 4.79 Å². The maximum atomic E-state index is 11.2. The molecule has 0 saturated carbocycles. The Morgan fingerprint density at radius 2 is 2.00 bits per heavy atom. The van der Waals surface area contributed by atoms with Crippen LogP contribution in [0.25, 0.3) is 0 Å². The maximum absolute atomic E-state index is 11.2. The van der Waals surface area contributed by atoms with Crippen LogP contribution in [0.5, 0.6) is 0 Å². The van der Waals surface area contributed by atoms with Gasteiger partial charge in [0.25, 0.3) is 0 Å². The van der Waals surface area contributed by atoms with Gasteiger partial charge in [0.15, 0.2) is 0 Å². The smallest absolute Gasteiger partial charge is 0.224 e. The van der Waals surface area contributed by atoms with Gasteiger partial charge in [-0.05, 0) is 24.3 Å². The minimum absolute atomic E-state index is 0.0264. The van der Waals surface area contributed by atoms with Gasteiger partial charge in [-0.1, -0.05) is 6.92 Å². The quantitative estimate of drug-likeness (QED) is 0.869. The van der Waals surface area contributed by atoms with Crippen molar-refractivity contribution in [2.24, 2.45) is 0 Å². The molecule has 2 rings (SSSR count). The first-order valence-corrected chi connectivity index (χ1v) is 6.68. The van der Waals surface area contributed by atoms with Gasteiger partial charge >= 0.3 is 0 Å².